The summed E-state index contributed by atoms with van der Waals surface area (Å²) < 4.78 is 1.85. The Labute approximate surface area is 101 Å². The molecule has 0 saturated heterocycles. The van der Waals surface area contributed by atoms with Crippen molar-refractivity contribution in [2.24, 2.45) is 5.73 Å². The van der Waals surface area contributed by atoms with E-state index in [0.29, 0.717) is 12.6 Å². The van der Waals surface area contributed by atoms with Crippen LogP contribution in [0.15, 0.2) is 18.5 Å². The standard InChI is InChI=1S/C12H19N5/c1-3-10(4-5-13)15-12-11-8-9(2)16-17(11)7-6-14-12/h6-8,10H,3-5,13H2,1-2H3,(H,14,15). The highest BCUT2D eigenvalue weighted by molar-refractivity contribution is 5.67. The predicted molar refractivity (Wildman–Crippen MR) is 69.1 cm³/mol. The van der Waals surface area contributed by atoms with E-state index in [1.165, 1.54) is 0 Å². The van der Waals surface area contributed by atoms with E-state index in [0.717, 1.165) is 29.9 Å². The molecule has 5 nitrogen and oxygen atoms in total. The quantitative estimate of drug-likeness (QED) is 0.822. The van der Waals surface area contributed by atoms with E-state index in [-0.39, 0.29) is 0 Å². The van der Waals surface area contributed by atoms with Gasteiger partial charge in [-0.25, -0.2) is 9.50 Å². The molecule has 1 unspecified atom stereocenters. The van der Waals surface area contributed by atoms with Crippen molar-refractivity contribution in [1.82, 2.24) is 14.6 Å². The first-order valence-corrected chi connectivity index (χ1v) is 6.02. The first kappa shape index (κ1) is 11.9. The highest BCUT2D eigenvalue weighted by atomic mass is 15.2. The molecule has 0 radical (unpaired) electrons. The largest absolute Gasteiger partial charge is 0.366 e. The third kappa shape index (κ3) is 2.55. The molecule has 0 aliphatic heterocycles. The van der Waals surface area contributed by atoms with Crippen LogP contribution >= 0.6 is 0 Å². The maximum absolute atomic E-state index is 5.60. The van der Waals surface area contributed by atoms with Crippen LogP contribution < -0.4 is 11.1 Å². The summed E-state index contributed by atoms with van der Waals surface area (Å²) in [7, 11) is 0. The second kappa shape index (κ2) is 5.14. The number of rotatable bonds is 5. The number of nitrogens with two attached hydrogens (primary N) is 1. The second-order valence-electron chi connectivity index (χ2n) is 4.22. The van der Waals surface area contributed by atoms with Gasteiger partial charge in [0.15, 0.2) is 5.82 Å². The van der Waals surface area contributed by atoms with Gasteiger partial charge in [-0.3, -0.25) is 0 Å². The van der Waals surface area contributed by atoms with Crippen molar-refractivity contribution < 1.29 is 0 Å². The van der Waals surface area contributed by atoms with Crippen molar-refractivity contribution in [2.45, 2.75) is 32.7 Å². The van der Waals surface area contributed by atoms with Gasteiger partial charge in [0, 0.05) is 18.4 Å². The second-order valence-corrected chi connectivity index (χ2v) is 4.22. The Kier molecular flexibility index (Phi) is 3.58. The molecule has 2 rings (SSSR count). The van der Waals surface area contributed by atoms with Crippen LogP contribution in [0.3, 0.4) is 0 Å². The Morgan fingerprint density at radius 1 is 1.53 bits per heavy atom. The lowest BCUT2D eigenvalue weighted by Gasteiger charge is -2.16. The maximum atomic E-state index is 5.60. The minimum atomic E-state index is 0.369. The molecule has 0 fully saturated rings. The lowest BCUT2D eigenvalue weighted by Crippen LogP contribution is -2.23. The van der Waals surface area contributed by atoms with Gasteiger partial charge in [-0.05, 0) is 32.4 Å². The Hall–Kier alpha value is -1.62. The Morgan fingerprint density at radius 3 is 3.06 bits per heavy atom. The van der Waals surface area contributed by atoms with Gasteiger partial charge in [-0.2, -0.15) is 5.10 Å². The molecule has 2 heterocycles. The number of anilines is 1. The molecular weight excluding hydrogens is 214 g/mol. The molecule has 2 aromatic rings. The molecule has 0 amide bonds. The molecule has 0 aliphatic carbocycles. The molecule has 0 aliphatic rings. The fourth-order valence-electron chi connectivity index (χ4n) is 1.93. The van der Waals surface area contributed by atoms with E-state index in [4.69, 9.17) is 5.73 Å². The predicted octanol–water partition coefficient (Wildman–Crippen LogP) is 1.58. The zero-order valence-electron chi connectivity index (χ0n) is 10.3. The van der Waals surface area contributed by atoms with Gasteiger partial charge < -0.3 is 11.1 Å². The van der Waals surface area contributed by atoms with Crippen molar-refractivity contribution in [2.75, 3.05) is 11.9 Å². The molecule has 0 saturated carbocycles. The van der Waals surface area contributed by atoms with Crippen LogP contribution in [-0.2, 0) is 0 Å². The van der Waals surface area contributed by atoms with Gasteiger partial charge in [-0.1, -0.05) is 6.92 Å². The summed E-state index contributed by atoms with van der Waals surface area (Å²) in [6, 6.07) is 2.40. The first-order chi connectivity index (χ1) is 8.24. The minimum Gasteiger partial charge on any atom is -0.366 e. The van der Waals surface area contributed by atoms with E-state index >= 15 is 0 Å². The molecule has 17 heavy (non-hydrogen) atoms. The van der Waals surface area contributed by atoms with Gasteiger partial charge in [-0.15, -0.1) is 0 Å². The number of nitrogens with zero attached hydrogens (tertiary/aromatic N) is 3. The van der Waals surface area contributed by atoms with Crippen molar-refractivity contribution in [1.29, 1.82) is 0 Å². The maximum Gasteiger partial charge on any atom is 0.152 e. The molecule has 0 bridgehead atoms. The summed E-state index contributed by atoms with van der Waals surface area (Å²) in [5.41, 5.74) is 7.61. The van der Waals surface area contributed by atoms with Gasteiger partial charge in [0.25, 0.3) is 0 Å². The number of aromatic nitrogens is 3. The number of hydrogen-bond acceptors (Lipinski definition) is 4. The van der Waals surface area contributed by atoms with Crippen LogP contribution in [0.5, 0.6) is 0 Å². The third-order valence-corrected chi connectivity index (χ3v) is 2.86. The van der Waals surface area contributed by atoms with Crippen LogP contribution in [0.25, 0.3) is 5.52 Å². The van der Waals surface area contributed by atoms with Gasteiger partial charge >= 0.3 is 0 Å². The smallest absolute Gasteiger partial charge is 0.152 e. The van der Waals surface area contributed by atoms with E-state index in [1.807, 2.05) is 23.7 Å². The van der Waals surface area contributed by atoms with Crippen LogP contribution in [-0.4, -0.2) is 27.2 Å². The normalized spacial score (nSPS) is 12.9. The molecule has 92 valence electrons. The zero-order chi connectivity index (χ0) is 12.3. The van der Waals surface area contributed by atoms with Crippen molar-refractivity contribution in [3.05, 3.63) is 24.2 Å². The SMILES string of the molecule is CCC(CCN)Nc1nccn2nc(C)cc12. The third-order valence-electron chi connectivity index (χ3n) is 2.86. The fraction of sp³-hybridized carbons (Fsp3) is 0.500. The lowest BCUT2D eigenvalue weighted by molar-refractivity contribution is 0.639. The summed E-state index contributed by atoms with van der Waals surface area (Å²) in [5, 5.41) is 7.80. The molecule has 1 atom stereocenters. The summed E-state index contributed by atoms with van der Waals surface area (Å²) >= 11 is 0. The number of fused-ring (bicyclic) bond motifs is 1. The van der Waals surface area contributed by atoms with E-state index in [2.05, 4.69) is 22.3 Å². The zero-order valence-corrected chi connectivity index (χ0v) is 10.3. The van der Waals surface area contributed by atoms with Crippen molar-refractivity contribution in [3.63, 3.8) is 0 Å². The topological polar surface area (TPSA) is 68.2 Å². The first-order valence-electron chi connectivity index (χ1n) is 6.02. The van der Waals surface area contributed by atoms with Gasteiger partial charge in [0.2, 0.25) is 0 Å². The Balaban J connectivity index is 2.28. The summed E-state index contributed by atoms with van der Waals surface area (Å²) in [4.78, 5) is 4.38. The minimum absolute atomic E-state index is 0.369. The monoisotopic (exact) mass is 233 g/mol. The average molecular weight is 233 g/mol. The molecule has 0 spiro atoms. The van der Waals surface area contributed by atoms with Crippen molar-refractivity contribution in [3.8, 4) is 0 Å². The van der Waals surface area contributed by atoms with Gasteiger partial charge in [0.1, 0.15) is 5.52 Å². The Morgan fingerprint density at radius 2 is 2.35 bits per heavy atom. The summed E-state index contributed by atoms with van der Waals surface area (Å²) in [5.74, 6) is 0.883. The molecule has 0 aromatic carbocycles. The number of aryl methyl sites for hydroxylation is 1. The fourth-order valence-corrected chi connectivity index (χ4v) is 1.93. The average Bonchev–Trinajstić information content (AvgIpc) is 2.70. The lowest BCUT2D eigenvalue weighted by atomic mass is 10.1. The highest BCUT2D eigenvalue weighted by Gasteiger charge is 2.09. The molecule has 3 N–H and O–H groups in total. The molecule has 5 heteroatoms. The molecular formula is C12H19N5. The summed E-state index contributed by atoms with van der Waals surface area (Å²) in [6.45, 7) is 4.82. The van der Waals surface area contributed by atoms with E-state index < -0.39 is 0 Å². The van der Waals surface area contributed by atoms with Crippen LogP contribution in [0.2, 0.25) is 0 Å². The number of hydrogen-bond donors (Lipinski definition) is 2. The van der Waals surface area contributed by atoms with Crippen molar-refractivity contribution >= 4 is 11.3 Å². The van der Waals surface area contributed by atoms with E-state index in [9.17, 15) is 0 Å². The highest BCUT2D eigenvalue weighted by Crippen LogP contribution is 2.16. The van der Waals surface area contributed by atoms with E-state index in [1.54, 1.807) is 6.20 Å². The molecule has 2 aromatic heterocycles. The number of nitrogens with one attached hydrogen (secondary N) is 1. The Bertz CT molecular complexity index is 491. The summed E-state index contributed by atoms with van der Waals surface area (Å²) in [6.07, 6.45) is 5.60. The van der Waals surface area contributed by atoms with Crippen LogP contribution in [0.1, 0.15) is 25.5 Å². The van der Waals surface area contributed by atoms with Gasteiger partial charge in [0.05, 0.1) is 5.69 Å². The van der Waals surface area contributed by atoms with Crippen LogP contribution in [0.4, 0.5) is 5.82 Å². The van der Waals surface area contributed by atoms with Crippen LogP contribution in [0, 0.1) is 6.92 Å².